The van der Waals surface area contributed by atoms with E-state index >= 15 is 0 Å². The zero-order chi connectivity index (χ0) is 14.3. The van der Waals surface area contributed by atoms with E-state index in [9.17, 15) is 0 Å². The minimum atomic E-state index is 0.143. The van der Waals surface area contributed by atoms with Gasteiger partial charge in [0, 0.05) is 30.9 Å². The van der Waals surface area contributed by atoms with Crippen LogP contribution >= 0.6 is 0 Å². The lowest BCUT2D eigenvalue weighted by Crippen LogP contribution is -2.50. The summed E-state index contributed by atoms with van der Waals surface area (Å²) in [7, 11) is 0. The SMILES string of the molecule is Cc1cccc(C)c1N1CC(C)(C)CNCC1(C)C. The number of nitrogens with zero attached hydrogens (tertiary/aromatic N) is 1. The van der Waals surface area contributed by atoms with E-state index in [1.807, 2.05) is 0 Å². The molecule has 0 radical (unpaired) electrons. The number of rotatable bonds is 1. The van der Waals surface area contributed by atoms with Crippen LogP contribution in [0.1, 0.15) is 38.8 Å². The molecule has 19 heavy (non-hydrogen) atoms. The predicted octanol–water partition coefficient (Wildman–Crippen LogP) is 3.52. The number of aryl methyl sites for hydroxylation is 2. The number of anilines is 1. The molecular formula is C17H28N2. The van der Waals surface area contributed by atoms with Gasteiger partial charge in [-0.2, -0.15) is 0 Å². The van der Waals surface area contributed by atoms with Gasteiger partial charge in [0.15, 0.2) is 0 Å². The Hall–Kier alpha value is -1.02. The first kappa shape index (κ1) is 14.4. The summed E-state index contributed by atoms with van der Waals surface area (Å²) in [5.74, 6) is 0. The summed E-state index contributed by atoms with van der Waals surface area (Å²) < 4.78 is 0. The Kier molecular flexibility index (Phi) is 3.65. The van der Waals surface area contributed by atoms with Gasteiger partial charge in [0.2, 0.25) is 0 Å². The number of nitrogens with one attached hydrogen (secondary N) is 1. The zero-order valence-corrected chi connectivity index (χ0v) is 13.3. The Labute approximate surface area is 118 Å². The molecule has 1 aromatic rings. The lowest BCUT2D eigenvalue weighted by Gasteiger charge is -2.43. The van der Waals surface area contributed by atoms with Gasteiger partial charge in [-0.25, -0.2) is 0 Å². The average molecular weight is 260 g/mol. The van der Waals surface area contributed by atoms with Crippen LogP contribution in [-0.2, 0) is 0 Å². The maximum absolute atomic E-state index is 3.62. The van der Waals surface area contributed by atoms with Gasteiger partial charge in [-0.1, -0.05) is 32.0 Å². The van der Waals surface area contributed by atoms with E-state index in [-0.39, 0.29) is 5.54 Å². The first-order chi connectivity index (χ1) is 8.73. The second-order valence-electron chi connectivity index (χ2n) is 7.41. The van der Waals surface area contributed by atoms with E-state index in [1.165, 1.54) is 16.8 Å². The van der Waals surface area contributed by atoms with Crippen molar-refractivity contribution >= 4 is 5.69 Å². The molecule has 1 N–H and O–H groups in total. The number of hydrogen-bond acceptors (Lipinski definition) is 2. The van der Waals surface area contributed by atoms with Gasteiger partial charge in [0.25, 0.3) is 0 Å². The Morgan fingerprint density at radius 1 is 1.00 bits per heavy atom. The van der Waals surface area contributed by atoms with Gasteiger partial charge in [-0.15, -0.1) is 0 Å². The van der Waals surface area contributed by atoms with Crippen LogP contribution in [0.15, 0.2) is 18.2 Å². The molecule has 2 nitrogen and oxygen atoms in total. The van der Waals surface area contributed by atoms with Crippen molar-refractivity contribution in [3.63, 3.8) is 0 Å². The van der Waals surface area contributed by atoms with Gasteiger partial charge >= 0.3 is 0 Å². The Morgan fingerprint density at radius 3 is 2.16 bits per heavy atom. The van der Waals surface area contributed by atoms with Crippen LogP contribution in [0.5, 0.6) is 0 Å². The van der Waals surface area contributed by atoms with Crippen LogP contribution < -0.4 is 10.2 Å². The molecule has 0 atom stereocenters. The second kappa shape index (κ2) is 4.82. The third-order valence-electron chi connectivity index (χ3n) is 4.19. The van der Waals surface area contributed by atoms with Crippen molar-refractivity contribution in [2.75, 3.05) is 24.5 Å². The van der Waals surface area contributed by atoms with Crippen molar-refractivity contribution in [1.82, 2.24) is 5.32 Å². The summed E-state index contributed by atoms with van der Waals surface area (Å²) in [6.07, 6.45) is 0. The largest absolute Gasteiger partial charge is 0.364 e. The molecule has 1 aliphatic heterocycles. The molecule has 2 rings (SSSR count). The molecule has 1 saturated heterocycles. The molecule has 0 unspecified atom stereocenters. The van der Waals surface area contributed by atoms with Gasteiger partial charge < -0.3 is 10.2 Å². The first-order valence-corrected chi connectivity index (χ1v) is 7.28. The number of para-hydroxylation sites is 1. The first-order valence-electron chi connectivity index (χ1n) is 7.28. The fourth-order valence-electron chi connectivity index (χ4n) is 3.11. The summed E-state index contributed by atoms with van der Waals surface area (Å²) in [6.45, 7) is 17.0. The van der Waals surface area contributed by atoms with Crippen LogP contribution in [0.2, 0.25) is 0 Å². The van der Waals surface area contributed by atoms with Crippen molar-refractivity contribution in [3.05, 3.63) is 29.3 Å². The maximum Gasteiger partial charge on any atom is 0.0470 e. The standard InChI is InChI=1S/C17H28N2/c1-13-8-7-9-14(2)15(13)19-12-16(3,4)10-18-11-17(19,5)6/h7-9,18H,10-12H2,1-6H3. The van der Waals surface area contributed by atoms with Crippen molar-refractivity contribution in [2.24, 2.45) is 5.41 Å². The number of hydrogen-bond donors (Lipinski definition) is 1. The lowest BCUT2D eigenvalue weighted by atomic mass is 9.90. The minimum absolute atomic E-state index is 0.143. The molecule has 2 heteroatoms. The molecule has 1 aliphatic rings. The lowest BCUT2D eigenvalue weighted by molar-refractivity contribution is 0.365. The predicted molar refractivity (Wildman–Crippen MR) is 84.0 cm³/mol. The third kappa shape index (κ3) is 2.94. The van der Waals surface area contributed by atoms with E-state index in [2.05, 4.69) is 70.0 Å². The molecule has 0 aliphatic carbocycles. The summed E-state index contributed by atoms with van der Waals surface area (Å²) in [6, 6.07) is 6.61. The molecule has 0 saturated carbocycles. The van der Waals surface area contributed by atoms with E-state index in [0.717, 1.165) is 19.6 Å². The van der Waals surface area contributed by atoms with Crippen molar-refractivity contribution in [1.29, 1.82) is 0 Å². The van der Waals surface area contributed by atoms with Gasteiger partial charge in [-0.3, -0.25) is 0 Å². The molecule has 0 spiro atoms. The van der Waals surface area contributed by atoms with Crippen LogP contribution in [0.25, 0.3) is 0 Å². The zero-order valence-electron chi connectivity index (χ0n) is 13.3. The summed E-state index contributed by atoms with van der Waals surface area (Å²) in [4.78, 5) is 2.61. The highest BCUT2D eigenvalue weighted by atomic mass is 15.2. The molecule has 1 fully saturated rings. The monoisotopic (exact) mass is 260 g/mol. The quantitative estimate of drug-likeness (QED) is 0.831. The Bertz CT molecular complexity index is 440. The molecular weight excluding hydrogens is 232 g/mol. The third-order valence-corrected chi connectivity index (χ3v) is 4.19. The number of benzene rings is 1. The van der Waals surface area contributed by atoms with Crippen molar-refractivity contribution < 1.29 is 0 Å². The van der Waals surface area contributed by atoms with Gasteiger partial charge in [0.1, 0.15) is 0 Å². The van der Waals surface area contributed by atoms with Gasteiger partial charge in [0.05, 0.1) is 0 Å². The highest BCUT2D eigenvalue weighted by Gasteiger charge is 2.36. The maximum atomic E-state index is 3.62. The molecule has 0 amide bonds. The second-order valence-corrected chi connectivity index (χ2v) is 7.41. The smallest absolute Gasteiger partial charge is 0.0470 e. The normalized spacial score (nSPS) is 22.1. The molecule has 0 bridgehead atoms. The summed E-state index contributed by atoms with van der Waals surface area (Å²) in [5, 5.41) is 3.62. The molecule has 106 valence electrons. The van der Waals surface area contributed by atoms with Crippen molar-refractivity contribution in [2.45, 2.75) is 47.1 Å². The molecule has 1 aromatic carbocycles. The molecule has 0 aromatic heterocycles. The Morgan fingerprint density at radius 2 is 1.58 bits per heavy atom. The van der Waals surface area contributed by atoms with Gasteiger partial charge in [-0.05, 0) is 44.2 Å². The van der Waals surface area contributed by atoms with Crippen molar-refractivity contribution in [3.8, 4) is 0 Å². The fraction of sp³-hybridized carbons (Fsp3) is 0.647. The topological polar surface area (TPSA) is 15.3 Å². The van der Waals surface area contributed by atoms with E-state index in [0.29, 0.717) is 5.41 Å². The van der Waals surface area contributed by atoms with E-state index < -0.39 is 0 Å². The van der Waals surface area contributed by atoms with Crippen LogP contribution in [0.4, 0.5) is 5.69 Å². The fourth-order valence-corrected chi connectivity index (χ4v) is 3.11. The van der Waals surface area contributed by atoms with E-state index in [1.54, 1.807) is 0 Å². The molecule has 1 heterocycles. The highest BCUT2D eigenvalue weighted by Crippen LogP contribution is 2.35. The Balaban J connectivity index is 2.49. The van der Waals surface area contributed by atoms with Crippen LogP contribution in [0, 0.1) is 19.3 Å². The summed E-state index contributed by atoms with van der Waals surface area (Å²) >= 11 is 0. The summed E-state index contributed by atoms with van der Waals surface area (Å²) in [5.41, 5.74) is 4.62. The van der Waals surface area contributed by atoms with Crippen LogP contribution in [0.3, 0.4) is 0 Å². The highest BCUT2D eigenvalue weighted by molar-refractivity contribution is 5.61. The minimum Gasteiger partial charge on any atom is -0.364 e. The average Bonchev–Trinajstić information content (AvgIpc) is 2.35. The van der Waals surface area contributed by atoms with Crippen LogP contribution in [-0.4, -0.2) is 25.2 Å². The van der Waals surface area contributed by atoms with E-state index in [4.69, 9.17) is 0 Å².